The van der Waals surface area contributed by atoms with Gasteiger partial charge in [0.25, 0.3) is 5.56 Å². The first kappa shape index (κ1) is 18.6. The molecule has 28 heavy (non-hydrogen) atoms. The molecule has 1 atom stereocenters. The molecule has 0 aliphatic carbocycles. The number of aromatic nitrogens is 4. The van der Waals surface area contributed by atoms with Gasteiger partial charge in [0.15, 0.2) is 11.0 Å². The van der Waals surface area contributed by atoms with E-state index < -0.39 is 5.82 Å². The van der Waals surface area contributed by atoms with Crippen molar-refractivity contribution in [3.63, 3.8) is 0 Å². The second-order valence-electron chi connectivity index (χ2n) is 6.09. The van der Waals surface area contributed by atoms with E-state index in [-0.39, 0.29) is 15.8 Å². The summed E-state index contributed by atoms with van der Waals surface area (Å²) in [6.07, 6.45) is 0. The number of aryl methyl sites for hydroxylation is 1. The smallest absolute Gasteiger partial charge is 0.266 e. The van der Waals surface area contributed by atoms with Crippen LogP contribution in [0.25, 0.3) is 16.6 Å². The maximum Gasteiger partial charge on any atom is 0.266 e. The molecule has 0 aliphatic heterocycles. The van der Waals surface area contributed by atoms with Crippen LogP contribution < -0.4 is 5.56 Å². The van der Waals surface area contributed by atoms with E-state index in [1.54, 1.807) is 25.1 Å². The van der Waals surface area contributed by atoms with Crippen molar-refractivity contribution < 1.29 is 8.91 Å². The minimum Gasteiger partial charge on any atom is -0.338 e. The van der Waals surface area contributed by atoms with Gasteiger partial charge in [0.05, 0.1) is 26.9 Å². The molecule has 2 aromatic heterocycles. The van der Waals surface area contributed by atoms with E-state index in [1.165, 1.54) is 34.5 Å². The lowest BCUT2D eigenvalue weighted by Gasteiger charge is -2.15. The molecule has 0 saturated heterocycles. The molecular formula is C19H14ClFN4O2S. The lowest BCUT2D eigenvalue weighted by atomic mass is 10.2. The predicted molar refractivity (Wildman–Crippen MR) is 106 cm³/mol. The van der Waals surface area contributed by atoms with Gasteiger partial charge in [-0.05, 0) is 44.2 Å². The van der Waals surface area contributed by atoms with Crippen LogP contribution in [0.4, 0.5) is 4.39 Å². The van der Waals surface area contributed by atoms with Crippen molar-refractivity contribution in [1.29, 1.82) is 0 Å². The predicted octanol–water partition coefficient (Wildman–Crippen LogP) is 4.72. The molecule has 6 nitrogen and oxygen atoms in total. The van der Waals surface area contributed by atoms with Crippen LogP contribution in [0.1, 0.15) is 23.9 Å². The summed E-state index contributed by atoms with van der Waals surface area (Å²) in [5.74, 6) is 0.390. The molecule has 0 bridgehead atoms. The number of rotatable bonds is 4. The van der Waals surface area contributed by atoms with Gasteiger partial charge in [-0.2, -0.15) is 4.98 Å². The van der Waals surface area contributed by atoms with Gasteiger partial charge in [0, 0.05) is 0 Å². The Morgan fingerprint density at radius 1 is 1.21 bits per heavy atom. The first-order valence-corrected chi connectivity index (χ1v) is 9.64. The van der Waals surface area contributed by atoms with Crippen LogP contribution in [0.2, 0.25) is 5.02 Å². The maximum atomic E-state index is 13.6. The Labute approximate surface area is 168 Å². The fourth-order valence-electron chi connectivity index (χ4n) is 2.73. The third-order valence-electron chi connectivity index (χ3n) is 4.08. The molecule has 2 heterocycles. The highest BCUT2D eigenvalue weighted by molar-refractivity contribution is 7.99. The highest BCUT2D eigenvalue weighted by Gasteiger charge is 2.20. The van der Waals surface area contributed by atoms with Gasteiger partial charge in [-0.3, -0.25) is 9.36 Å². The molecule has 0 aliphatic rings. The van der Waals surface area contributed by atoms with E-state index in [0.717, 1.165) is 0 Å². The summed E-state index contributed by atoms with van der Waals surface area (Å²) in [7, 11) is 0. The Balaban J connectivity index is 1.90. The first-order valence-electron chi connectivity index (χ1n) is 8.38. The zero-order valence-corrected chi connectivity index (χ0v) is 16.5. The zero-order valence-electron chi connectivity index (χ0n) is 14.9. The molecule has 142 valence electrons. The fraction of sp³-hybridized carbons (Fsp3) is 0.158. The van der Waals surface area contributed by atoms with Crippen LogP contribution in [0.3, 0.4) is 0 Å². The normalized spacial score (nSPS) is 12.4. The summed E-state index contributed by atoms with van der Waals surface area (Å²) in [5, 5.41) is 4.34. The Morgan fingerprint density at radius 2 is 2.00 bits per heavy atom. The Morgan fingerprint density at radius 3 is 2.71 bits per heavy atom. The van der Waals surface area contributed by atoms with Crippen LogP contribution in [0.15, 0.2) is 56.9 Å². The van der Waals surface area contributed by atoms with Crippen LogP contribution >= 0.6 is 23.4 Å². The van der Waals surface area contributed by atoms with Crippen molar-refractivity contribution in [2.45, 2.75) is 24.3 Å². The van der Waals surface area contributed by atoms with Crippen molar-refractivity contribution in [1.82, 2.24) is 19.7 Å². The van der Waals surface area contributed by atoms with Crippen molar-refractivity contribution in [2.75, 3.05) is 0 Å². The van der Waals surface area contributed by atoms with Crippen LogP contribution in [0, 0.1) is 12.7 Å². The minimum atomic E-state index is -0.559. The van der Waals surface area contributed by atoms with Gasteiger partial charge in [0.1, 0.15) is 5.82 Å². The highest BCUT2D eigenvalue weighted by atomic mass is 35.5. The first-order chi connectivity index (χ1) is 13.4. The Kier molecular flexibility index (Phi) is 4.91. The molecule has 0 radical (unpaired) electrons. The zero-order chi connectivity index (χ0) is 19.8. The van der Waals surface area contributed by atoms with E-state index in [1.807, 2.05) is 13.0 Å². The Bertz CT molecular complexity index is 1240. The van der Waals surface area contributed by atoms with Crippen LogP contribution in [-0.4, -0.2) is 19.7 Å². The lowest BCUT2D eigenvalue weighted by molar-refractivity contribution is 0.376. The second kappa shape index (κ2) is 7.37. The van der Waals surface area contributed by atoms with Crippen molar-refractivity contribution in [3.05, 3.63) is 75.4 Å². The summed E-state index contributed by atoms with van der Waals surface area (Å²) in [6.45, 7) is 3.61. The second-order valence-corrected chi connectivity index (χ2v) is 7.81. The summed E-state index contributed by atoms with van der Waals surface area (Å²) < 4.78 is 20.3. The number of hydrogen-bond acceptors (Lipinski definition) is 6. The third-order valence-corrected chi connectivity index (χ3v) is 5.41. The third kappa shape index (κ3) is 3.41. The van der Waals surface area contributed by atoms with Crippen molar-refractivity contribution in [3.8, 4) is 5.69 Å². The van der Waals surface area contributed by atoms with Crippen molar-refractivity contribution >= 4 is 34.3 Å². The number of thioether (sulfide) groups is 1. The average Bonchev–Trinajstić information content (AvgIpc) is 3.11. The molecule has 4 rings (SSSR count). The molecule has 4 aromatic rings. The van der Waals surface area contributed by atoms with E-state index in [4.69, 9.17) is 16.1 Å². The van der Waals surface area contributed by atoms with E-state index >= 15 is 0 Å². The largest absolute Gasteiger partial charge is 0.338 e. The van der Waals surface area contributed by atoms with Gasteiger partial charge < -0.3 is 4.52 Å². The van der Waals surface area contributed by atoms with Gasteiger partial charge in [-0.1, -0.05) is 40.7 Å². The van der Waals surface area contributed by atoms with Gasteiger partial charge in [-0.25, -0.2) is 9.37 Å². The SMILES string of the molecule is Cc1noc(C(C)Sc2nc3ccccc3c(=O)n2-c2ccc(F)c(Cl)c2)n1. The summed E-state index contributed by atoms with van der Waals surface area (Å²) in [4.78, 5) is 22.1. The van der Waals surface area contributed by atoms with Crippen LogP contribution in [0.5, 0.6) is 0 Å². The highest BCUT2D eigenvalue weighted by Crippen LogP contribution is 2.34. The van der Waals surface area contributed by atoms with Gasteiger partial charge in [0.2, 0.25) is 5.89 Å². The number of hydrogen-bond donors (Lipinski definition) is 0. The lowest BCUT2D eigenvalue weighted by Crippen LogP contribution is -2.22. The molecule has 0 fully saturated rings. The minimum absolute atomic E-state index is 0.0749. The number of nitrogens with zero attached hydrogens (tertiary/aromatic N) is 4. The van der Waals surface area contributed by atoms with E-state index in [2.05, 4.69) is 15.1 Å². The molecular weight excluding hydrogens is 403 g/mol. The fourth-order valence-corrected chi connectivity index (χ4v) is 3.86. The molecule has 0 saturated carbocycles. The van der Waals surface area contributed by atoms with Gasteiger partial charge >= 0.3 is 0 Å². The average molecular weight is 417 g/mol. The quantitative estimate of drug-likeness (QED) is 0.354. The maximum absolute atomic E-state index is 13.6. The van der Waals surface area contributed by atoms with Crippen molar-refractivity contribution in [2.24, 2.45) is 0 Å². The number of halogens is 2. The molecule has 0 spiro atoms. The monoisotopic (exact) mass is 416 g/mol. The summed E-state index contributed by atoms with van der Waals surface area (Å²) in [5.41, 5.74) is 0.712. The topological polar surface area (TPSA) is 73.8 Å². The number of para-hydroxylation sites is 1. The van der Waals surface area contributed by atoms with E-state index in [0.29, 0.717) is 33.5 Å². The van der Waals surface area contributed by atoms with Crippen LogP contribution in [-0.2, 0) is 0 Å². The molecule has 1 unspecified atom stereocenters. The molecule has 0 amide bonds. The van der Waals surface area contributed by atoms with E-state index in [9.17, 15) is 9.18 Å². The number of fused-ring (bicyclic) bond motifs is 1. The summed E-state index contributed by atoms with van der Waals surface area (Å²) >= 11 is 7.23. The molecule has 2 aromatic carbocycles. The molecule has 9 heteroatoms. The summed E-state index contributed by atoms with van der Waals surface area (Å²) in [6, 6.07) is 11.2. The molecule has 0 N–H and O–H groups in total. The number of benzene rings is 2. The standard InChI is InChI=1S/C19H14ClFN4O2S/c1-10(17-22-11(2)24-27-17)28-19-23-16-6-4-3-5-13(16)18(26)25(19)12-7-8-15(21)14(20)9-12/h3-10H,1-2H3. The van der Waals surface area contributed by atoms with Gasteiger partial charge in [-0.15, -0.1) is 0 Å². The Hall–Kier alpha value is -2.71.